The Morgan fingerprint density at radius 2 is 1.86 bits per heavy atom. The smallest absolute Gasteiger partial charge is 0.137 e. The van der Waals surface area contributed by atoms with Crippen molar-refractivity contribution < 1.29 is 0 Å². The highest BCUT2D eigenvalue weighted by Crippen LogP contribution is 2.31. The molecule has 2 aromatic rings. The van der Waals surface area contributed by atoms with Gasteiger partial charge in [0.25, 0.3) is 0 Å². The van der Waals surface area contributed by atoms with Crippen LogP contribution in [-0.4, -0.2) is 22.4 Å². The van der Waals surface area contributed by atoms with Gasteiger partial charge in [-0.15, -0.1) is 0 Å². The molecule has 114 valence electrons. The first kappa shape index (κ1) is 15.6. The molecule has 1 aromatic carbocycles. The van der Waals surface area contributed by atoms with Gasteiger partial charge in [0, 0.05) is 24.7 Å². The highest BCUT2D eigenvalue weighted by atomic mass is 15.4. The van der Waals surface area contributed by atoms with Gasteiger partial charge in [0.05, 0.1) is 11.4 Å². The number of rotatable bonds is 5. The maximum Gasteiger partial charge on any atom is 0.137 e. The van der Waals surface area contributed by atoms with Crippen LogP contribution < -0.4 is 10.6 Å². The zero-order chi connectivity index (χ0) is 15.6. The molecule has 4 heteroatoms. The summed E-state index contributed by atoms with van der Waals surface area (Å²) in [6.07, 6.45) is 1.05. The van der Waals surface area contributed by atoms with E-state index in [-0.39, 0.29) is 5.54 Å². The third-order valence-corrected chi connectivity index (χ3v) is 4.45. The second-order valence-corrected chi connectivity index (χ2v) is 6.06. The van der Waals surface area contributed by atoms with E-state index in [1.54, 1.807) is 0 Å². The molecule has 0 amide bonds. The van der Waals surface area contributed by atoms with E-state index >= 15 is 0 Å². The van der Waals surface area contributed by atoms with Crippen LogP contribution in [0, 0.1) is 6.92 Å². The number of aromatic nitrogens is 2. The minimum atomic E-state index is 0.0446. The largest absolute Gasteiger partial charge is 0.354 e. The first-order chi connectivity index (χ1) is 9.92. The summed E-state index contributed by atoms with van der Waals surface area (Å²) in [6, 6.07) is 10.2. The molecule has 0 saturated carbocycles. The van der Waals surface area contributed by atoms with E-state index < -0.39 is 0 Å². The van der Waals surface area contributed by atoms with Crippen LogP contribution in [0.15, 0.2) is 30.3 Å². The van der Waals surface area contributed by atoms with E-state index in [9.17, 15) is 0 Å². The molecule has 0 radical (unpaired) electrons. The van der Waals surface area contributed by atoms with Gasteiger partial charge in [0.1, 0.15) is 5.82 Å². The molecule has 0 saturated heterocycles. The summed E-state index contributed by atoms with van der Waals surface area (Å²) in [5, 5.41) is 4.72. The average Bonchev–Trinajstić information content (AvgIpc) is 2.83. The Labute approximate surface area is 127 Å². The lowest BCUT2D eigenvalue weighted by molar-refractivity contribution is 0.462. The number of benzene rings is 1. The highest BCUT2D eigenvalue weighted by Gasteiger charge is 2.28. The van der Waals surface area contributed by atoms with E-state index in [0.717, 1.165) is 29.2 Å². The molecule has 0 aliphatic carbocycles. The van der Waals surface area contributed by atoms with E-state index in [4.69, 9.17) is 10.8 Å². The molecule has 2 rings (SSSR count). The van der Waals surface area contributed by atoms with Gasteiger partial charge in [-0.1, -0.05) is 25.1 Å². The number of hydrogen-bond acceptors (Lipinski definition) is 3. The monoisotopic (exact) mass is 286 g/mol. The first-order valence-electron chi connectivity index (χ1n) is 7.50. The molecule has 2 N–H and O–H groups in total. The van der Waals surface area contributed by atoms with Crippen molar-refractivity contribution >= 4 is 5.82 Å². The van der Waals surface area contributed by atoms with Gasteiger partial charge >= 0.3 is 0 Å². The normalized spacial score (nSPS) is 11.7. The van der Waals surface area contributed by atoms with Crippen molar-refractivity contribution in [2.75, 3.05) is 11.9 Å². The second-order valence-electron chi connectivity index (χ2n) is 6.06. The van der Waals surface area contributed by atoms with Crippen LogP contribution in [0.25, 0.3) is 5.69 Å². The molecule has 0 bridgehead atoms. The van der Waals surface area contributed by atoms with Crippen molar-refractivity contribution in [1.82, 2.24) is 9.78 Å². The lowest BCUT2D eigenvalue weighted by atomic mass is 9.99. The summed E-state index contributed by atoms with van der Waals surface area (Å²) in [5.41, 5.74) is 9.20. The summed E-state index contributed by atoms with van der Waals surface area (Å²) in [7, 11) is 2.12. The minimum Gasteiger partial charge on any atom is -0.354 e. The number of nitrogens with zero attached hydrogens (tertiary/aromatic N) is 3. The summed E-state index contributed by atoms with van der Waals surface area (Å²) in [4.78, 5) is 2.29. The van der Waals surface area contributed by atoms with Crippen LogP contribution in [0.3, 0.4) is 0 Å². The van der Waals surface area contributed by atoms with Gasteiger partial charge in [0.2, 0.25) is 0 Å². The Morgan fingerprint density at radius 1 is 1.24 bits per heavy atom. The maximum absolute atomic E-state index is 5.99. The van der Waals surface area contributed by atoms with Gasteiger partial charge in [-0.25, -0.2) is 4.68 Å². The van der Waals surface area contributed by atoms with Crippen LogP contribution in [0.2, 0.25) is 0 Å². The standard InChI is InChI=1S/C17H26N4/c1-6-17(3,4)20(5)16-15(12-18)13(2)19-21(16)14-10-8-7-9-11-14/h7-11H,6,12,18H2,1-5H3. The maximum atomic E-state index is 5.99. The zero-order valence-corrected chi connectivity index (χ0v) is 13.7. The fourth-order valence-electron chi connectivity index (χ4n) is 2.40. The molecule has 1 heterocycles. The lowest BCUT2D eigenvalue weighted by Gasteiger charge is -2.37. The van der Waals surface area contributed by atoms with Crippen molar-refractivity contribution in [2.45, 2.75) is 46.2 Å². The fraction of sp³-hybridized carbons (Fsp3) is 0.471. The van der Waals surface area contributed by atoms with E-state index in [0.29, 0.717) is 6.54 Å². The number of anilines is 1. The highest BCUT2D eigenvalue weighted by molar-refractivity contribution is 5.56. The van der Waals surface area contributed by atoms with Crippen molar-refractivity contribution in [2.24, 2.45) is 5.73 Å². The Balaban J connectivity index is 2.63. The van der Waals surface area contributed by atoms with Gasteiger partial charge in [-0.05, 0) is 39.3 Å². The summed E-state index contributed by atoms with van der Waals surface area (Å²) >= 11 is 0. The van der Waals surface area contributed by atoms with Gasteiger partial charge in [-0.3, -0.25) is 0 Å². The first-order valence-corrected chi connectivity index (χ1v) is 7.50. The topological polar surface area (TPSA) is 47.1 Å². The van der Waals surface area contributed by atoms with Crippen LogP contribution in [0.4, 0.5) is 5.82 Å². The third-order valence-electron chi connectivity index (χ3n) is 4.45. The SMILES string of the molecule is CCC(C)(C)N(C)c1c(CN)c(C)nn1-c1ccccc1. The quantitative estimate of drug-likeness (QED) is 0.917. The van der Waals surface area contributed by atoms with E-state index in [2.05, 4.69) is 44.9 Å². The molecule has 4 nitrogen and oxygen atoms in total. The van der Waals surface area contributed by atoms with Gasteiger partial charge < -0.3 is 10.6 Å². The molecule has 21 heavy (non-hydrogen) atoms. The summed E-state index contributed by atoms with van der Waals surface area (Å²) in [5.74, 6) is 1.09. The van der Waals surface area contributed by atoms with Crippen LogP contribution in [0.5, 0.6) is 0 Å². The van der Waals surface area contributed by atoms with Crippen molar-refractivity contribution in [3.63, 3.8) is 0 Å². The summed E-state index contributed by atoms with van der Waals surface area (Å²) in [6.45, 7) is 9.21. The number of para-hydroxylation sites is 1. The molecule has 0 fully saturated rings. The Hall–Kier alpha value is -1.81. The van der Waals surface area contributed by atoms with Crippen molar-refractivity contribution in [3.05, 3.63) is 41.6 Å². The molecule has 0 aliphatic heterocycles. The Morgan fingerprint density at radius 3 is 2.38 bits per heavy atom. The zero-order valence-electron chi connectivity index (χ0n) is 13.7. The minimum absolute atomic E-state index is 0.0446. The fourth-order valence-corrected chi connectivity index (χ4v) is 2.40. The lowest BCUT2D eigenvalue weighted by Crippen LogP contribution is -2.42. The molecule has 0 aliphatic rings. The molecule has 0 atom stereocenters. The third kappa shape index (κ3) is 2.81. The summed E-state index contributed by atoms with van der Waals surface area (Å²) < 4.78 is 2.01. The Bertz CT molecular complexity index is 599. The molecule has 1 aromatic heterocycles. The molecule has 0 spiro atoms. The number of nitrogens with two attached hydrogens (primary N) is 1. The van der Waals surface area contributed by atoms with Crippen LogP contribution in [-0.2, 0) is 6.54 Å². The van der Waals surface area contributed by atoms with Crippen molar-refractivity contribution in [3.8, 4) is 5.69 Å². The second kappa shape index (κ2) is 5.90. The van der Waals surface area contributed by atoms with Gasteiger partial charge in [-0.2, -0.15) is 5.10 Å². The number of aryl methyl sites for hydroxylation is 1. The predicted molar refractivity (Wildman–Crippen MR) is 89.0 cm³/mol. The Kier molecular flexibility index (Phi) is 4.37. The predicted octanol–water partition coefficient (Wildman–Crippen LogP) is 3.26. The van der Waals surface area contributed by atoms with E-state index in [1.807, 2.05) is 29.8 Å². The van der Waals surface area contributed by atoms with Crippen molar-refractivity contribution in [1.29, 1.82) is 0 Å². The van der Waals surface area contributed by atoms with Gasteiger partial charge in [0.15, 0.2) is 0 Å². The van der Waals surface area contributed by atoms with E-state index in [1.165, 1.54) is 0 Å². The molecule has 0 unspecified atom stereocenters. The average molecular weight is 286 g/mol. The number of hydrogen-bond donors (Lipinski definition) is 1. The molecular formula is C17H26N4. The molecular weight excluding hydrogens is 260 g/mol. The van der Waals surface area contributed by atoms with Crippen LogP contribution in [0.1, 0.15) is 38.4 Å². The van der Waals surface area contributed by atoms with Crippen LogP contribution >= 0.6 is 0 Å².